The Morgan fingerprint density at radius 2 is 1.91 bits per heavy atom. The highest BCUT2D eigenvalue weighted by Gasteiger charge is 2.11. The minimum absolute atomic E-state index is 0.142. The molecule has 33 heavy (non-hydrogen) atoms. The van der Waals surface area contributed by atoms with E-state index in [1.165, 1.54) is 30.9 Å². The topological polar surface area (TPSA) is 116 Å². The number of carbonyl (C=O) groups excluding carboxylic acids is 1. The van der Waals surface area contributed by atoms with Gasteiger partial charge in [0.1, 0.15) is 11.6 Å². The van der Waals surface area contributed by atoms with Crippen molar-refractivity contribution in [1.29, 1.82) is 0 Å². The molecule has 8 heteroatoms. The van der Waals surface area contributed by atoms with Crippen LogP contribution in [0.4, 0.5) is 4.39 Å². The molecule has 0 atom stereocenters. The lowest BCUT2D eigenvalue weighted by Gasteiger charge is -2.11. The summed E-state index contributed by atoms with van der Waals surface area (Å²) in [6.45, 7) is 11.3. The predicted octanol–water partition coefficient (Wildman–Crippen LogP) is 4.19. The van der Waals surface area contributed by atoms with Crippen molar-refractivity contribution in [3.8, 4) is 5.75 Å². The van der Waals surface area contributed by atoms with Crippen LogP contribution < -0.4 is 21.5 Å². The molecule has 2 aromatic rings. The first kappa shape index (κ1) is 24.8. The van der Waals surface area contributed by atoms with Crippen LogP contribution in [0.2, 0.25) is 0 Å². The lowest BCUT2D eigenvalue weighted by Crippen LogP contribution is -2.23. The Labute approximate surface area is 192 Å². The molecule has 0 aliphatic carbocycles. The summed E-state index contributed by atoms with van der Waals surface area (Å²) in [4.78, 5) is 20.6. The van der Waals surface area contributed by atoms with Gasteiger partial charge in [-0.15, -0.1) is 0 Å². The van der Waals surface area contributed by atoms with Gasteiger partial charge in [0, 0.05) is 24.8 Å². The Kier molecular flexibility index (Phi) is 8.87. The van der Waals surface area contributed by atoms with Gasteiger partial charge in [-0.25, -0.2) is 9.38 Å². The number of rotatable bonds is 9. The number of amides is 1. The number of nitrogens with two attached hydrogens (primary N) is 2. The van der Waals surface area contributed by atoms with Crippen LogP contribution in [-0.2, 0) is 0 Å². The minimum Gasteiger partial charge on any atom is -0.455 e. The molecule has 0 saturated carbocycles. The maximum atomic E-state index is 13.9. The minimum atomic E-state index is -0.656. The van der Waals surface area contributed by atoms with Gasteiger partial charge in [-0.1, -0.05) is 19.2 Å². The van der Waals surface area contributed by atoms with Crippen molar-refractivity contribution in [2.24, 2.45) is 16.5 Å². The lowest BCUT2D eigenvalue weighted by molar-refractivity contribution is 0.0964. The van der Waals surface area contributed by atoms with E-state index in [0.29, 0.717) is 22.4 Å². The number of ether oxygens (including phenoxy) is 1. The summed E-state index contributed by atoms with van der Waals surface area (Å²) in [6.07, 6.45) is 9.38. The van der Waals surface area contributed by atoms with E-state index in [9.17, 15) is 9.18 Å². The molecule has 1 heterocycles. The average molecular weight is 448 g/mol. The molecule has 170 valence electrons. The molecule has 0 spiro atoms. The van der Waals surface area contributed by atoms with Crippen LogP contribution >= 0.6 is 0 Å². The monoisotopic (exact) mass is 447 g/mol. The van der Waals surface area contributed by atoms with Gasteiger partial charge in [0.25, 0.3) is 5.91 Å². The first-order valence-corrected chi connectivity index (χ1v) is 9.85. The molecule has 0 radical (unpaired) electrons. The normalized spacial score (nSPS) is 12.2. The van der Waals surface area contributed by atoms with Gasteiger partial charge < -0.3 is 21.5 Å². The van der Waals surface area contributed by atoms with E-state index < -0.39 is 5.83 Å². The summed E-state index contributed by atoms with van der Waals surface area (Å²) < 4.78 is 19.4. The molecule has 0 saturated heterocycles. The molecule has 7 nitrogen and oxygen atoms in total. The standard InChI is InChI=1S/C25H26FN5O2/c1-16-7-8-20(33-19(4)23(26)6-5-10-27)12-21(16)18(3)14-30-24(13-28)31-25(32)22-15-29-11-9-17(22)2/h5-15H,3-4,27-28H2,1-2H3,(H,31,32)/b10-5-,23-6+,24-13+,30-14-. The van der Waals surface area contributed by atoms with E-state index in [2.05, 4.69) is 28.5 Å². The molecule has 0 bridgehead atoms. The van der Waals surface area contributed by atoms with Crippen LogP contribution in [-0.4, -0.2) is 17.1 Å². The third-order valence-corrected chi connectivity index (χ3v) is 4.46. The number of aliphatic imine (C=N–C) groups is 1. The zero-order valence-corrected chi connectivity index (χ0v) is 18.5. The van der Waals surface area contributed by atoms with Gasteiger partial charge in [0.2, 0.25) is 0 Å². The van der Waals surface area contributed by atoms with Crippen LogP contribution in [0.15, 0.2) is 96.8 Å². The molecule has 0 unspecified atom stereocenters. The van der Waals surface area contributed by atoms with Crippen molar-refractivity contribution in [3.63, 3.8) is 0 Å². The van der Waals surface area contributed by atoms with Crippen LogP contribution in [0.25, 0.3) is 5.57 Å². The number of pyridine rings is 1. The Hall–Kier alpha value is -4.46. The average Bonchev–Trinajstić information content (AvgIpc) is 2.81. The number of aryl methyl sites for hydroxylation is 2. The van der Waals surface area contributed by atoms with Crippen LogP contribution in [0, 0.1) is 13.8 Å². The molecular weight excluding hydrogens is 421 g/mol. The number of aromatic nitrogens is 1. The van der Waals surface area contributed by atoms with Gasteiger partial charge in [-0.05, 0) is 72.7 Å². The summed E-state index contributed by atoms with van der Waals surface area (Å²) in [6, 6.07) is 6.90. The number of hydrogen-bond donors (Lipinski definition) is 3. The maximum absolute atomic E-state index is 13.9. The second-order valence-electron chi connectivity index (χ2n) is 6.88. The van der Waals surface area contributed by atoms with Crippen molar-refractivity contribution in [2.45, 2.75) is 13.8 Å². The molecule has 0 fully saturated rings. The number of nitrogens with one attached hydrogen (secondary N) is 1. The highest BCUT2D eigenvalue weighted by molar-refractivity contribution is 6.10. The van der Waals surface area contributed by atoms with Crippen LogP contribution in [0.5, 0.6) is 5.75 Å². The van der Waals surface area contributed by atoms with E-state index in [1.807, 2.05) is 6.92 Å². The first-order chi connectivity index (χ1) is 15.8. The fraction of sp³-hybridized carbons (Fsp3) is 0.0800. The lowest BCUT2D eigenvalue weighted by atomic mass is 10.0. The van der Waals surface area contributed by atoms with E-state index in [-0.39, 0.29) is 17.5 Å². The van der Waals surface area contributed by atoms with E-state index in [4.69, 9.17) is 16.2 Å². The van der Waals surface area contributed by atoms with E-state index in [1.54, 1.807) is 37.4 Å². The molecule has 1 amide bonds. The van der Waals surface area contributed by atoms with Gasteiger partial charge in [0.05, 0.1) is 5.56 Å². The van der Waals surface area contributed by atoms with Crippen molar-refractivity contribution >= 4 is 17.7 Å². The fourth-order valence-corrected chi connectivity index (χ4v) is 2.65. The molecule has 1 aromatic carbocycles. The predicted molar refractivity (Wildman–Crippen MR) is 130 cm³/mol. The zero-order chi connectivity index (χ0) is 24.4. The molecule has 0 aliphatic heterocycles. The van der Waals surface area contributed by atoms with Crippen molar-refractivity contribution in [3.05, 3.63) is 114 Å². The highest BCUT2D eigenvalue weighted by atomic mass is 19.1. The number of nitrogens with zero attached hydrogens (tertiary/aromatic N) is 2. The molecule has 0 aliphatic rings. The van der Waals surface area contributed by atoms with Crippen molar-refractivity contribution < 1.29 is 13.9 Å². The van der Waals surface area contributed by atoms with E-state index in [0.717, 1.165) is 17.2 Å². The maximum Gasteiger partial charge on any atom is 0.258 e. The second kappa shape index (κ2) is 11.8. The van der Waals surface area contributed by atoms with Gasteiger partial charge in [0.15, 0.2) is 11.6 Å². The third kappa shape index (κ3) is 7.03. The van der Waals surface area contributed by atoms with Gasteiger partial charge in [-0.2, -0.15) is 0 Å². The van der Waals surface area contributed by atoms with Gasteiger partial charge in [-0.3, -0.25) is 9.78 Å². The number of benzene rings is 1. The SMILES string of the molecule is C=C(Oc1ccc(C)c(C(=C)/C=N\C(=C/N)NC(=O)c2cnccc2C)c1)/C(F)=C\C=C/N. The number of hydrogen-bond acceptors (Lipinski definition) is 6. The highest BCUT2D eigenvalue weighted by Crippen LogP contribution is 2.25. The zero-order valence-electron chi connectivity index (χ0n) is 18.5. The molecule has 5 N–H and O–H groups in total. The first-order valence-electron chi connectivity index (χ1n) is 9.85. The van der Waals surface area contributed by atoms with Crippen LogP contribution in [0.1, 0.15) is 27.0 Å². The Morgan fingerprint density at radius 1 is 1.18 bits per heavy atom. The Balaban J connectivity index is 2.14. The number of allylic oxidation sites excluding steroid dienone is 4. The fourth-order valence-electron chi connectivity index (χ4n) is 2.65. The number of halogens is 1. The Morgan fingerprint density at radius 3 is 2.58 bits per heavy atom. The summed E-state index contributed by atoms with van der Waals surface area (Å²) in [5, 5.41) is 2.63. The van der Waals surface area contributed by atoms with Crippen LogP contribution in [0.3, 0.4) is 0 Å². The quantitative estimate of drug-likeness (QED) is 0.303. The summed E-state index contributed by atoms with van der Waals surface area (Å²) in [7, 11) is 0. The van der Waals surface area contributed by atoms with Gasteiger partial charge >= 0.3 is 0 Å². The summed E-state index contributed by atoms with van der Waals surface area (Å²) >= 11 is 0. The molecular formula is C25H26FN5O2. The smallest absolute Gasteiger partial charge is 0.258 e. The summed E-state index contributed by atoms with van der Waals surface area (Å²) in [5.74, 6) is -0.696. The second-order valence-corrected chi connectivity index (χ2v) is 6.88. The summed E-state index contributed by atoms with van der Waals surface area (Å²) in [5.41, 5.74) is 14.1. The third-order valence-electron chi connectivity index (χ3n) is 4.46. The largest absolute Gasteiger partial charge is 0.455 e. The molecule has 1 aromatic heterocycles. The number of carbonyl (C=O) groups is 1. The molecule has 2 rings (SSSR count). The Bertz CT molecular complexity index is 1180. The van der Waals surface area contributed by atoms with Crippen molar-refractivity contribution in [2.75, 3.05) is 0 Å². The van der Waals surface area contributed by atoms with E-state index >= 15 is 0 Å². The van der Waals surface area contributed by atoms with Crippen molar-refractivity contribution in [1.82, 2.24) is 10.3 Å².